The summed E-state index contributed by atoms with van der Waals surface area (Å²) in [5.41, 5.74) is -0.505. The van der Waals surface area contributed by atoms with Gasteiger partial charge >= 0.3 is 0 Å². The predicted molar refractivity (Wildman–Crippen MR) is 88.3 cm³/mol. The van der Waals surface area contributed by atoms with Crippen molar-refractivity contribution in [2.75, 3.05) is 13.2 Å². The molecule has 0 radical (unpaired) electrons. The number of aliphatic hydroxyl groups excluding tert-OH is 2. The molecule has 128 valence electrons. The first-order valence-electron chi connectivity index (χ1n) is 7.30. The Balaban J connectivity index is 2.49. The molecule has 0 heterocycles. The van der Waals surface area contributed by atoms with Gasteiger partial charge in [0.1, 0.15) is 6.10 Å². The van der Waals surface area contributed by atoms with Gasteiger partial charge in [0, 0.05) is 28.6 Å². The van der Waals surface area contributed by atoms with E-state index in [2.05, 4.69) is 10.6 Å². The van der Waals surface area contributed by atoms with Crippen LogP contribution in [0.4, 0.5) is 0 Å². The first kappa shape index (κ1) is 19.4. The third kappa shape index (κ3) is 5.82. The van der Waals surface area contributed by atoms with Crippen molar-refractivity contribution in [1.29, 1.82) is 0 Å². The molecule has 4 N–H and O–H groups in total. The molecule has 1 rings (SSSR count). The molecule has 0 aliphatic carbocycles. The van der Waals surface area contributed by atoms with E-state index in [1.807, 2.05) is 0 Å². The van der Waals surface area contributed by atoms with Crippen molar-refractivity contribution in [3.63, 3.8) is 0 Å². The van der Waals surface area contributed by atoms with Gasteiger partial charge in [0.2, 0.25) is 5.91 Å². The van der Waals surface area contributed by atoms with E-state index in [1.165, 1.54) is 0 Å². The number of hydrogen-bond donors (Lipinski definition) is 4. The van der Waals surface area contributed by atoms with E-state index in [1.54, 1.807) is 45.0 Å². The average Bonchev–Trinajstić information content (AvgIpc) is 2.51. The minimum atomic E-state index is -1.33. The van der Waals surface area contributed by atoms with Gasteiger partial charge in [-0.25, -0.2) is 0 Å². The third-order valence-corrected chi connectivity index (χ3v) is 3.68. The van der Waals surface area contributed by atoms with Gasteiger partial charge in [0.05, 0.1) is 6.61 Å². The zero-order valence-corrected chi connectivity index (χ0v) is 14.2. The van der Waals surface area contributed by atoms with Crippen molar-refractivity contribution in [1.82, 2.24) is 10.6 Å². The lowest BCUT2D eigenvalue weighted by molar-refractivity contribution is -0.137. The summed E-state index contributed by atoms with van der Waals surface area (Å²) < 4.78 is 0. The number of carbonyl (C=O) groups excluding carboxylic acids is 2. The molecule has 0 aliphatic heterocycles. The van der Waals surface area contributed by atoms with Crippen LogP contribution in [0.25, 0.3) is 0 Å². The van der Waals surface area contributed by atoms with Crippen LogP contribution in [-0.2, 0) is 4.79 Å². The van der Waals surface area contributed by atoms with Crippen molar-refractivity contribution in [3.05, 3.63) is 34.9 Å². The van der Waals surface area contributed by atoms with Gasteiger partial charge in [-0.15, -0.1) is 0 Å². The molecule has 0 saturated carbocycles. The molecule has 0 aliphatic rings. The lowest BCUT2D eigenvalue weighted by Crippen LogP contribution is -2.49. The highest BCUT2D eigenvalue weighted by molar-refractivity contribution is 6.30. The molecule has 23 heavy (non-hydrogen) atoms. The normalized spacial score (nSPS) is 14.0. The van der Waals surface area contributed by atoms with Crippen molar-refractivity contribution >= 4 is 23.4 Å². The van der Waals surface area contributed by atoms with E-state index < -0.39 is 17.4 Å². The van der Waals surface area contributed by atoms with Gasteiger partial charge in [0.15, 0.2) is 0 Å². The highest BCUT2D eigenvalue weighted by Gasteiger charge is 2.32. The minimum Gasteiger partial charge on any atom is -0.396 e. The number of rotatable bonds is 7. The SMILES string of the molecule is CC(CNC(=O)[C@H](O)C(C)(C)CO)NC(=O)c1cccc(Cl)c1. The molecule has 0 saturated heterocycles. The summed E-state index contributed by atoms with van der Waals surface area (Å²) >= 11 is 5.83. The van der Waals surface area contributed by atoms with Gasteiger partial charge < -0.3 is 20.8 Å². The first-order valence-corrected chi connectivity index (χ1v) is 7.68. The van der Waals surface area contributed by atoms with E-state index in [4.69, 9.17) is 16.7 Å². The lowest BCUT2D eigenvalue weighted by Gasteiger charge is -2.27. The molecule has 0 aromatic heterocycles. The Bertz CT molecular complexity index is 563. The van der Waals surface area contributed by atoms with Crippen molar-refractivity contribution < 1.29 is 19.8 Å². The smallest absolute Gasteiger partial charge is 0.251 e. The molecule has 2 amide bonds. The number of hydrogen-bond acceptors (Lipinski definition) is 4. The molecule has 7 heteroatoms. The van der Waals surface area contributed by atoms with Gasteiger partial charge in [0.25, 0.3) is 5.91 Å². The number of halogens is 1. The van der Waals surface area contributed by atoms with Crippen LogP contribution in [0.1, 0.15) is 31.1 Å². The van der Waals surface area contributed by atoms with Crippen LogP contribution >= 0.6 is 11.6 Å². The minimum absolute atomic E-state index is 0.156. The maximum Gasteiger partial charge on any atom is 0.251 e. The maximum absolute atomic E-state index is 12.0. The van der Waals surface area contributed by atoms with Crippen LogP contribution < -0.4 is 10.6 Å². The van der Waals surface area contributed by atoms with Crippen LogP contribution in [0, 0.1) is 5.41 Å². The highest BCUT2D eigenvalue weighted by Crippen LogP contribution is 2.19. The highest BCUT2D eigenvalue weighted by atomic mass is 35.5. The summed E-state index contributed by atoms with van der Waals surface area (Å²) in [6.45, 7) is 4.74. The number of amides is 2. The topological polar surface area (TPSA) is 98.7 Å². The number of aliphatic hydroxyl groups is 2. The molecule has 6 nitrogen and oxygen atoms in total. The second kappa shape index (κ2) is 8.29. The standard InChI is InChI=1S/C16H23ClN2O4/c1-10(8-18-15(23)13(21)16(2,3)9-20)19-14(22)11-5-4-6-12(17)7-11/h4-7,10,13,20-21H,8-9H2,1-3H3,(H,18,23)(H,19,22)/t10?,13-/m0/s1. The molecule has 0 fully saturated rings. The zero-order chi connectivity index (χ0) is 17.6. The zero-order valence-electron chi connectivity index (χ0n) is 13.5. The Hall–Kier alpha value is -1.63. The molecule has 1 unspecified atom stereocenters. The van der Waals surface area contributed by atoms with E-state index in [0.29, 0.717) is 10.6 Å². The first-order chi connectivity index (χ1) is 10.7. The van der Waals surface area contributed by atoms with Crippen molar-refractivity contribution in [2.45, 2.75) is 32.9 Å². The van der Waals surface area contributed by atoms with Gasteiger partial charge in [-0.3, -0.25) is 9.59 Å². The molecule has 1 aromatic rings. The van der Waals surface area contributed by atoms with Crippen LogP contribution in [0.3, 0.4) is 0 Å². The van der Waals surface area contributed by atoms with Gasteiger partial charge in [-0.05, 0) is 25.1 Å². The Morgan fingerprint density at radius 3 is 2.57 bits per heavy atom. The molecule has 1 aromatic carbocycles. The second-order valence-electron chi connectivity index (χ2n) is 6.18. The number of nitrogens with one attached hydrogen (secondary N) is 2. The summed E-state index contributed by atoms with van der Waals surface area (Å²) in [7, 11) is 0. The Morgan fingerprint density at radius 1 is 1.35 bits per heavy atom. The largest absolute Gasteiger partial charge is 0.396 e. The fourth-order valence-corrected chi connectivity index (χ4v) is 1.97. The fourth-order valence-electron chi connectivity index (χ4n) is 1.78. The monoisotopic (exact) mass is 342 g/mol. The Kier molecular flexibility index (Phi) is 7.00. The number of carbonyl (C=O) groups is 2. The summed E-state index contributed by atoms with van der Waals surface area (Å²) in [5, 5.41) is 24.8. The molecule has 0 bridgehead atoms. The molecule has 0 spiro atoms. The van der Waals surface area contributed by atoms with E-state index in [0.717, 1.165) is 0 Å². The lowest BCUT2D eigenvalue weighted by atomic mass is 9.87. The predicted octanol–water partition coefficient (Wildman–Crippen LogP) is 0.954. The maximum atomic E-state index is 12.0. The van der Waals surface area contributed by atoms with Gasteiger partial charge in [-0.2, -0.15) is 0 Å². The van der Waals surface area contributed by atoms with E-state index >= 15 is 0 Å². The Morgan fingerprint density at radius 2 is 2.00 bits per heavy atom. The summed E-state index contributed by atoms with van der Waals surface area (Å²) in [4.78, 5) is 23.9. The molecule has 2 atom stereocenters. The van der Waals surface area contributed by atoms with E-state index in [-0.39, 0.29) is 25.1 Å². The summed E-state index contributed by atoms with van der Waals surface area (Å²) in [5.74, 6) is -0.890. The van der Waals surface area contributed by atoms with Crippen LogP contribution in [0.15, 0.2) is 24.3 Å². The van der Waals surface area contributed by atoms with E-state index in [9.17, 15) is 14.7 Å². The van der Waals surface area contributed by atoms with Gasteiger partial charge in [-0.1, -0.05) is 31.5 Å². The summed E-state index contributed by atoms with van der Waals surface area (Å²) in [6.07, 6.45) is -1.33. The number of benzene rings is 1. The second-order valence-corrected chi connectivity index (χ2v) is 6.62. The summed E-state index contributed by atoms with van der Waals surface area (Å²) in [6, 6.07) is 6.20. The Labute approximate surface area is 140 Å². The molecular weight excluding hydrogens is 320 g/mol. The van der Waals surface area contributed by atoms with Crippen molar-refractivity contribution in [2.24, 2.45) is 5.41 Å². The quantitative estimate of drug-likeness (QED) is 0.593. The third-order valence-electron chi connectivity index (χ3n) is 3.44. The van der Waals surface area contributed by atoms with Crippen molar-refractivity contribution in [3.8, 4) is 0 Å². The fraction of sp³-hybridized carbons (Fsp3) is 0.500. The van der Waals surface area contributed by atoms with Crippen LogP contribution in [0.2, 0.25) is 5.02 Å². The van der Waals surface area contributed by atoms with Crippen LogP contribution in [-0.4, -0.2) is 47.3 Å². The van der Waals surface area contributed by atoms with Crippen LogP contribution in [0.5, 0.6) is 0 Å². The molecular formula is C16H23ClN2O4. The average molecular weight is 343 g/mol.